The van der Waals surface area contributed by atoms with Gasteiger partial charge >= 0.3 is 0 Å². The zero-order chi connectivity index (χ0) is 15.4. The molecule has 5 nitrogen and oxygen atoms in total. The summed E-state index contributed by atoms with van der Waals surface area (Å²) in [7, 11) is -3.05. The topological polar surface area (TPSA) is 69.6 Å². The molecule has 0 saturated carbocycles. The summed E-state index contributed by atoms with van der Waals surface area (Å²) in [5.74, 6) is 0.597. The first-order valence-electron chi connectivity index (χ1n) is 7.51. The van der Waals surface area contributed by atoms with Crippen molar-refractivity contribution in [2.75, 3.05) is 25.9 Å². The third-order valence-corrected chi connectivity index (χ3v) is 5.26. The maximum atomic E-state index is 11.4. The second-order valence-corrected chi connectivity index (χ2v) is 8.73. The molecular formula is C14H30N2O3S. The Morgan fingerprint density at radius 1 is 1.35 bits per heavy atom. The monoisotopic (exact) mass is 306 g/mol. The number of sulfonamides is 1. The fourth-order valence-electron chi connectivity index (χ4n) is 2.44. The molecule has 1 saturated heterocycles. The van der Waals surface area contributed by atoms with Gasteiger partial charge in [-0.3, -0.25) is 0 Å². The Morgan fingerprint density at radius 3 is 2.35 bits per heavy atom. The average molecular weight is 306 g/mol. The first kappa shape index (κ1) is 17.9. The van der Waals surface area contributed by atoms with Crippen molar-refractivity contribution in [3.05, 3.63) is 0 Å². The van der Waals surface area contributed by atoms with Crippen LogP contribution in [0.5, 0.6) is 0 Å². The molecule has 1 fully saturated rings. The van der Waals surface area contributed by atoms with Crippen LogP contribution in [0.1, 0.15) is 46.5 Å². The molecule has 20 heavy (non-hydrogen) atoms. The Labute approximate surface area is 123 Å². The van der Waals surface area contributed by atoms with E-state index in [4.69, 9.17) is 0 Å². The zero-order valence-corrected chi connectivity index (χ0v) is 14.0. The van der Waals surface area contributed by atoms with Gasteiger partial charge in [0.05, 0.1) is 11.9 Å². The van der Waals surface area contributed by atoms with E-state index < -0.39 is 15.6 Å². The highest BCUT2D eigenvalue weighted by atomic mass is 32.2. The molecule has 1 heterocycles. The molecule has 120 valence electrons. The van der Waals surface area contributed by atoms with Crippen LogP contribution in [0.25, 0.3) is 0 Å². The highest BCUT2D eigenvalue weighted by molar-refractivity contribution is 7.88. The first-order valence-corrected chi connectivity index (χ1v) is 9.36. The molecule has 1 atom stereocenters. The highest BCUT2D eigenvalue weighted by Crippen LogP contribution is 2.18. The van der Waals surface area contributed by atoms with Gasteiger partial charge in [-0.05, 0) is 38.5 Å². The second kappa shape index (κ2) is 7.20. The van der Waals surface area contributed by atoms with Gasteiger partial charge in [0, 0.05) is 25.7 Å². The molecule has 1 rings (SSSR count). The fourth-order valence-corrected chi connectivity index (χ4v) is 3.32. The summed E-state index contributed by atoms with van der Waals surface area (Å²) < 4.78 is 24.4. The Balaban J connectivity index is 2.30. The number of hydrogen-bond acceptors (Lipinski definition) is 4. The number of rotatable bonds is 7. The summed E-state index contributed by atoms with van der Waals surface area (Å²) in [4.78, 5) is 0. The molecule has 0 unspecified atom stereocenters. The summed E-state index contributed by atoms with van der Waals surface area (Å²) in [6.45, 7) is 7.90. The number of aliphatic hydroxyl groups is 1. The molecule has 1 aliphatic rings. The van der Waals surface area contributed by atoms with E-state index in [2.05, 4.69) is 19.2 Å². The van der Waals surface area contributed by atoms with Crippen LogP contribution in [-0.2, 0) is 10.0 Å². The van der Waals surface area contributed by atoms with E-state index >= 15 is 0 Å². The molecule has 2 N–H and O–H groups in total. The van der Waals surface area contributed by atoms with Crippen LogP contribution in [0.2, 0.25) is 0 Å². The lowest BCUT2D eigenvalue weighted by atomic mass is 9.94. The minimum absolute atomic E-state index is 0.304. The summed E-state index contributed by atoms with van der Waals surface area (Å²) in [5, 5.41) is 13.7. The van der Waals surface area contributed by atoms with Gasteiger partial charge in [0.1, 0.15) is 0 Å². The molecule has 0 radical (unpaired) electrons. The van der Waals surface area contributed by atoms with E-state index in [-0.39, 0.29) is 0 Å². The minimum Gasteiger partial charge on any atom is -0.389 e. The van der Waals surface area contributed by atoms with Crippen molar-refractivity contribution in [1.29, 1.82) is 0 Å². The van der Waals surface area contributed by atoms with Gasteiger partial charge in [-0.1, -0.05) is 13.8 Å². The van der Waals surface area contributed by atoms with Gasteiger partial charge in [0.15, 0.2) is 0 Å². The van der Waals surface area contributed by atoms with Gasteiger partial charge < -0.3 is 10.4 Å². The van der Waals surface area contributed by atoms with Crippen LogP contribution in [0.15, 0.2) is 0 Å². The predicted molar refractivity (Wildman–Crippen MR) is 82.1 cm³/mol. The van der Waals surface area contributed by atoms with E-state index in [1.165, 1.54) is 10.6 Å². The first-order chi connectivity index (χ1) is 9.10. The lowest BCUT2D eigenvalue weighted by Gasteiger charge is -2.33. The van der Waals surface area contributed by atoms with Crippen molar-refractivity contribution in [3.8, 4) is 0 Å². The van der Waals surface area contributed by atoms with Crippen LogP contribution in [0.3, 0.4) is 0 Å². The second-order valence-electron chi connectivity index (χ2n) is 6.75. The molecule has 0 bridgehead atoms. The maximum absolute atomic E-state index is 11.4. The number of piperidine rings is 1. The van der Waals surface area contributed by atoms with Crippen LogP contribution < -0.4 is 5.32 Å². The Morgan fingerprint density at radius 2 is 1.90 bits per heavy atom. The van der Waals surface area contributed by atoms with Crippen molar-refractivity contribution >= 4 is 10.0 Å². The Bertz CT molecular complexity index is 385. The van der Waals surface area contributed by atoms with E-state index in [1.807, 2.05) is 6.92 Å². The molecule has 1 aliphatic heterocycles. The van der Waals surface area contributed by atoms with Gasteiger partial charge in [0.25, 0.3) is 0 Å². The predicted octanol–water partition coefficient (Wildman–Crippen LogP) is 1.19. The van der Waals surface area contributed by atoms with Crippen LogP contribution in [-0.4, -0.2) is 55.4 Å². The van der Waals surface area contributed by atoms with E-state index in [0.29, 0.717) is 31.6 Å². The van der Waals surface area contributed by atoms with Crippen LogP contribution in [0, 0.1) is 5.92 Å². The normalized spacial score (nSPS) is 22.1. The third kappa shape index (κ3) is 6.52. The zero-order valence-electron chi connectivity index (χ0n) is 13.2. The molecule has 0 aromatic carbocycles. The summed E-state index contributed by atoms with van der Waals surface area (Å²) in [5.41, 5.74) is -0.682. The van der Waals surface area contributed by atoms with Gasteiger partial charge in [0.2, 0.25) is 10.0 Å². The van der Waals surface area contributed by atoms with E-state index in [9.17, 15) is 13.5 Å². The average Bonchev–Trinajstić information content (AvgIpc) is 2.34. The van der Waals surface area contributed by atoms with Crippen LogP contribution >= 0.6 is 0 Å². The molecule has 0 aliphatic carbocycles. The van der Waals surface area contributed by atoms with Crippen molar-refractivity contribution in [3.63, 3.8) is 0 Å². The smallest absolute Gasteiger partial charge is 0.211 e. The van der Waals surface area contributed by atoms with E-state index in [0.717, 1.165) is 25.7 Å². The third-order valence-electron chi connectivity index (χ3n) is 3.95. The maximum Gasteiger partial charge on any atom is 0.211 e. The quantitative estimate of drug-likeness (QED) is 0.741. The number of hydrogen-bond donors (Lipinski definition) is 2. The van der Waals surface area contributed by atoms with Crippen LogP contribution in [0.4, 0.5) is 0 Å². The highest BCUT2D eigenvalue weighted by Gasteiger charge is 2.27. The summed E-state index contributed by atoms with van der Waals surface area (Å²) in [6, 6.07) is 0.304. The van der Waals surface area contributed by atoms with Crippen molar-refractivity contribution in [2.45, 2.75) is 58.1 Å². The Hall–Kier alpha value is -0.170. The lowest BCUT2D eigenvalue weighted by Crippen LogP contribution is -2.48. The molecular weight excluding hydrogens is 276 g/mol. The van der Waals surface area contributed by atoms with Gasteiger partial charge in [-0.2, -0.15) is 0 Å². The minimum atomic E-state index is -3.05. The molecule has 0 aromatic heterocycles. The van der Waals surface area contributed by atoms with Crippen molar-refractivity contribution in [1.82, 2.24) is 9.62 Å². The van der Waals surface area contributed by atoms with Gasteiger partial charge in [-0.25, -0.2) is 12.7 Å². The number of nitrogens with zero attached hydrogens (tertiary/aromatic N) is 1. The Kier molecular flexibility index (Phi) is 6.44. The molecule has 0 spiro atoms. The molecule has 0 amide bonds. The number of nitrogens with one attached hydrogen (secondary N) is 1. The molecule has 0 aromatic rings. The largest absolute Gasteiger partial charge is 0.389 e. The van der Waals surface area contributed by atoms with Crippen molar-refractivity contribution < 1.29 is 13.5 Å². The van der Waals surface area contributed by atoms with Gasteiger partial charge in [-0.15, -0.1) is 0 Å². The molecule has 6 heteroatoms. The SMILES string of the molecule is CC(C)CC[C@@](C)(O)CNC1CCN(S(C)(=O)=O)CC1. The van der Waals surface area contributed by atoms with E-state index in [1.54, 1.807) is 0 Å². The van der Waals surface area contributed by atoms with Crippen molar-refractivity contribution in [2.24, 2.45) is 5.92 Å². The summed E-state index contributed by atoms with van der Waals surface area (Å²) in [6.07, 6.45) is 4.69. The fraction of sp³-hybridized carbons (Fsp3) is 1.00. The summed E-state index contributed by atoms with van der Waals surface area (Å²) >= 11 is 0. The standard InChI is InChI=1S/C14H30N2O3S/c1-12(2)5-8-14(3,17)11-15-13-6-9-16(10-7-13)20(4,18)19/h12-13,15,17H,5-11H2,1-4H3/t14-/m1/s1. The lowest BCUT2D eigenvalue weighted by molar-refractivity contribution is 0.0407.